The van der Waals surface area contributed by atoms with E-state index < -0.39 is 0 Å². The van der Waals surface area contributed by atoms with Crippen LogP contribution in [-0.2, 0) is 9.59 Å². The van der Waals surface area contributed by atoms with Crippen LogP contribution in [0, 0.1) is 0 Å². The lowest BCUT2D eigenvalue weighted by atomic mass is 9.95. The van der Waals surface area contributed by atoms with E-state index in [0.717, 1.165) is 12.8 Å². The molecule has 2 amide bonds. The maximum Gasteiger partial charge on any atom is 0.239 e. The fourth-order valence-corrected chi connectivity index (χ4v) is 2.48. The second-order valence-corrected chi connectivity index (χ2v) is 6.18. The Kier molecular flexibility index (Phi) is 5.17. The molecule has 0 saturated heterocycles. The minimum atomic E-state index is -0.310. The zero-order valence-corrected chi connectivity index (χ0v) is 12.1. The van der Waals surface area contributed by atoms with Crippen molar-refractivity contribution >= 4 is 11.8 Å². The first-order valence-electron chi connectivity index (χ1n) is 6.88. The maximum absolute atomic E-state index is 12.0. The van der Waals surface area contributed by atoms with E-state index in [1.165, 1.54) is 26.2 Å². The van der Waals surface area contributed by atoms with Crippen molar-refractivity contribution in [3.05, 3.63) is 0 Å². The van der Waals surface area contributed by atoms with Gasteiger partial charge in [-0.1, -0.05) is 19.3 Å². The van der Waals surface area contributed by atoms with Crippen LogP contribution in [0.3, 0.4) is 0 Å². The Hall–Kier alpha value is -1.06. The van der Waals surface area contributed by atoms with Crippen LogP contribution in [0.1, 0.15) is 59.8 Å². The van der Waals surface area contributed by atoms with E-state index in [9.17, 15) is 9.59 Å². The van der Waals surface area contributed by atoms with Gasteiger partial charge in [0.05, 0.1) is 0 Å². The molecule has 1 fully saturated rings. The highest BCUT2D eigenvalue weighted by atomic mass is 16.2. The van der Waals surface area contributed by atoms with E-state index in [0.29, 0.717) is 6.04 Å². The molecule has 4 heteroatoms. The first-order chi connectivity index (χ1) is 8.30. The summed E-state index contributed by atoms with van der Waals surface area (Å²) in [5.41, 5.74) is -0.310. The van der Waals surface area contributed by atoms with Crippen LogP contribution in [0.4, 0.5) is 0 Å². The second kappa shape index (κ2) is 6.21. The molecule has 18 heavy (non-hydrogen) atoms. The predicted molar refractivity (Wildman–Crippen MR) is 72.2 cm³/mol. The molecule has 0 aromatic carbocycles. The van der Waals surface area contributed by atoms with E-state index in [-0.39, 0.29) is 23.9 Å². The molecule has 1 aliphatic carbocycles. The molecule has 0 unspecified atom stereocenters. The van der Waals surface area contributed by atoms with E-state index >= 15 is 0 Å². The van der Waals surface area contributed by atoms with E-state index in [4.69, 9.17) is 0 Å². The van der Waals surface area contributed by atoms with Crippen LogP contribution < -0.4 is 5.32 Å². The van der Waals surface area contributed by atoms with Crippen LogP contribution in [0.15, 0.2) is 0 Å². The smallest absolute Gasteiger partial charge is 0.239 e. The van der Waals surface area contributed by atoms with Crippen molar-refractivity contribution in [1.29, 1.82) is 0 Å². The van der Waals surface area contributed by atoms with Crippen molar-refractivity contribution in [3.63, 3.8) is 0 Å². The molecule has 104 valence electrons. The largest absolute Gasteiger partial charge is 0.352 e. The summed E-state index contributed by atoms with van der Waals surface area (Å²) in [7, 11) is 0. The van der Waals surface area contributed by atoms with Gasteiger partial charge in [0.15, 0.2) is 0 Å². The molecule has 0 heterocycles. The van der Waals surface area contributed by atoms with Gasteiger partial charge < -0.3 is 10.2 Å². The summed E-state index contributed by atoms with van der Waals surface area (Å²) in [5.74, 6) is -0.0895. The van der Waals surface area contributed by atoms with Gasteiger partial charge in [0.1, 0.15) is 6.54 Å². The summed E-state index contributed by atoms with van der Waals surface area (Å²) in [5, 5.41) is 3.04. The van der Waals surface area contributed by atoms with Crippen molar-refractivity contribution in [2.75, 3.05) is 6.54 Å². The number of carbonyl (C=O) groups excluding carboxylic acids is 2. The Balaban J connectivity index is 2.48. The van der Waals surface area contributed by atoms with E-state index in [1.54, 1.807) is 4.90 Å². The molecule has 0 spiro atoms. The summed E-state index contributed by atoms with van der Waals surface area (Å²) in [6.45, 7) is 7.52. The fourth-order valence-electron chi connectivity index (χ4n) is 2.48. The Morgan fingerprint density at radius 3 is 2.17 bits per heavy atom. The Bertz CT molecular complexity index is 301. The van der Waals surface area contributed by atoms with Gasteiger partial charge in [-0.3, -0.25) is 9.59 Å². The highest BCUT2D eigenvalue weighted by Crippen LogP contribution is 2.18. The fraction of sp³-hybridized carbons (Fsp3) is 0.857. The maximum atomic E-state index is 12.0. The van der Waals surface area contributed by atoms with Gasteiger partial charge in [0.25, 0.3) is 0 Å². The minimum Gasteiger partial charge on any atom is -0.352 e. The van der Waals surface area contributed by atoms with Gasteiger partial charge in [-0.2, -0.15) is 0 Å². The van der Waals surface area contributed by atoms with Crippen molar-refractivity contribution in [2.45, 2.75) is 71.4 Å². The average molecular weight is 254 g/mol. The summed E-state index contributed by atoms with van der Waals surface area (Å²) < 4.78 is 0. The van der Waals surface area contributed by atoms with Crippen molar-refractivity contribution < 1.29 is 9.59 Å². The molecule has 4 nitrogen and oxygen atoms in total. The van der Waals surface area contributed by atoms with Gasteiger partial charge in [-0.05, 0) is 33.6 Å². The predicted octanol–water partition coefficient (Wildman–Crippen LogP) is 2.08. The highest BCUT2D eigenvalue weighted by Gasteiger charge is 2.26. The summed E-state index contributed by atoms with van der Waals surface area (Å²) in [6.07, 6.45) is 5.80. The molecule has 0 aromatic heterocycles. The standard InChI is InChI=1S/C14H26N2O2/c1-11(17)16(14(2,3)4)10-13(18)15-12-8-6-5-7-9-12/h12H,5-10H2,1-4H3,(H,15,18). The molecule has 0 aliphatic heterocycles. The minimum absolute atomic E-state index is 0.0352. The molecular formula is C14H26N2O2. The van der Waals surface area contributed by atoms with Crippen LogP contribution in [0.5, 0.6) is 0 Å². The van der Waals surface area contributed by atoms with Crippen molar-refractivity contribution in [1.82, 2.24) is 10.2 Å². The highest BCUT2D eigenvalue weighted by molar-refractivity contribution is 5.84. The number of hydrogen-bond donors (Lipinski definition) is 1. The molecule has 1 saturated carbocycles. The van der Waals surface area contributed by atoms with Crippen LogP contribution in [0.25, 0.3) is 0 Å². The first kappa shape index (κ1) is 15.0. The quantitative estimate of drug-likeness (QED) is 0.838. The first-order valence-corrected chi connectivity index (χ1v) is 6.88. The zero-order valence-electron chi connectivity index (χ0n) is 12.1. The zero-order chi connectivity index (χ0) is 13.8. The van der Waals surface area contributed by atoms with E-state index in [2.05, 4.69) is 5.32 Å². The van der Waals surface area contributed by atoms with Gasteiger partial charge in [0.2, 0.25) is 11.8 Å². The molecule has 1 N–H and O–H groups in total. The van der Waals surface area contributed by atoms with Gasteiger partial charge in [-0.15, -0.1) is 0 Å². The van der Waals surface area contributed by atoms with Gasteiger partial charge in [0, 0.05) is 18.5 Å². The number of rotatable bonds is 3. The lowest BCUT2D eigenvalue weighted by molar-refractivity contribution is -0.139. The molecule has 0 radical (unpaired) electrons. The average Bonchev–Trinajstić information content (AvgIpc) is 2.25. The Morgan fingerprint density at radius 1 is 1.17 bits per heavy atom. The molecule has 1 aliphatic rings. The van der Waals surface area contributed by atoms with Gasteiger partial charge >= 0.3 is 0 Å². The number of nitrogens with zero attached hydrogens (tertiary/aromatic N) is 1. The lowest BCUT2D eigenvalue weighted by Crippen LogP contribution is -2.51. The summed E-state index contributed by atoms with van der Waals surface area (Å²) >= 11 is 0. The summed E-state index contributed by atoms with van der Waals surface area (Å²) in [6, 6.07) is 0.306. The lowest BCUT2D eigenvalue weighted by Gasteiger charge is -2.35. The normalized spacial score (nSPS) is 17.3. The van der Waals surface area contributed by atoms with Crippen LogP contribution >= 0.6 is 0 Å². The second-order valence-electron chi connectivity index (χ2n) is 6.18. The molecular weight excluding hydrogens is 228 g/mol. The third-order valence-electron chi connectivity index (χ3n) is 3.46. The number of carbonyl (C=O) groups is 2. The van der Waals surface area contributed by atoms with Crippen LogP contribution in [-0.4, -0.2) is 34.8 Å². The monoisotopic (exact) mass is 254 g/mol. The summed E-state index contributed by atoms with van der Waals surface area (Å²) in [4.78, 5) is 25.1. The third kappa shape index (κ3) is 4.67. The molecule has 0 aromatic rings. The van der Waals surface area contributed by atoms with Crippen molar-refractivity contribution in [2.24, 2.45) is 0 Å². The topological polar surface area (TPSA) is 49.4 Å². The number of amides is 2. The van der Waals surface area contributed by atoms with Gasteiger partial charge in [-0.25, -0.2) is 0 Å². The Labute approximate surface area is 110 Å². The molecule has 1 rings (SSSR count). The Morgan fingerprint density at radius 2 is 1.72 bits per heavy atom. The van der Waals surface area contributed by atoms with E-state index in [1.807, 2.05) is 20.8 Å². The number of hydrogen-bond acceptors (Lipinski definition) is 2. The third-order valence-corrected chi connectivity index (χ3v) is 3.46. The number of nitrogens with one attached hydrogen (secondary N) is 1. The molecule has 0 atom stereocenters. The van der Waals surface area contributed by atoms with Crippen LogP contribution in [0.2, 0.25) is 0 Å². The SMILES string of the molecule is CC(=O)N(CC(=O)NC1CCCCC1)C(C)(C)C. The molecule has 0 bridgehead atoms. The van der Waals surface area contributed by atoms with Crippen molar-refractivity contribution in [3.8, 4) is 0 Å².